The molecule has 2 rings (SSSR count). The van der Waals surface area contributed by atoms with Crippen molar-refractivity contribution in [2.45, 2.75) is 12.1 Å². The largest absolute Gasteiger partial charge is 0.489 e. The minimum absolute atomic E-state index is 0.201. The number of benzene rings is 1. The summed E-state index contributed by atoms with van der Waals surface area (Å²) in [4.78, 5) is 0. The van der Waals surface area contributed by atoms with Gasteiger partial charge in [-0.05, 0) is 28.1 Å². The number of fused-ring (bicyclic) bond motifs is 1. The van der Waals surface area contributed by atoms with E-state index in [1.165, 1.54) is 0 Å². The number of aliphatic hydroxyl groups excluding tert-OH is 1. The van der Waals surface area contributed by atoms with Gasteiger partial charge in [-0.2, -0.15) is 0 Å². The van der Waals surface area contributed by atoms with E-state index in [1.807, 2.05) is 0 Å². The van der Waals surface area contributed by atoms with Crippen LogP contribution in [0.4, 0.5) is 0 Å². The minimum Gasteiger partial charge on any atom is -0.489 e. The van der Waals surface area contributed by atoms with E-state index in [0.717, 1.165) is 4.47 Å². The molecule has 2 atom stereocenters. The normalized spacial score (nSPS) is 25.4. The molecule has 3 N–H and O–H groups in total. The summed E-state index contributed by atoms with van der Waals surface area (Å²) in [6, 6.07) is 3.04. The lowest BCUT2D eigenvalue weighted by atomic mass is 9.99. The smallest absolute Gasteiger partial charge is 0.139 e. The molecular formula is C9H9BrClNO2. The molecule has 1 aliphatic heterocycles. The first kappa shape index (κ1) is 10.2. The molecule has 0 saturated heterocycles. The van der Waals surface area contributed by atoms with Gasteiger partial charge in [-0.15, -0.1) is 0 Å². The third kappa shape index (κ3) is 1.52. The lowest BCUT2D eigenvalue weighted by Gasteiger charge is -2.29. The summed E-state index contributed by atoms with van der Waals surface area (Å²) >= 11 is 9.33. The van der Waals surface area contributed by atoms with Gasteiger partial charge in [0, 0.05) is 10.6 Å². The number of ether oxygens (including phenoxy) is 1. The molecule has 0 radical (unpaired) electrons. The standard InChI is InChI=1S/C9H9BrClNO2/c10-4-1-2-5(11)7-8(12)6(13)3-14-9(4)7/h1-2,6,8,13H,3,12H2/t6-,8-/m0/s1. The zero-order chi connectivity index (χ0) is 10.3. The van der Waals surface area contributed by atoms with E-state index in [9.17, 15) is 5.11 Å². The van der Waals surface area contributed by atoms with Crippen molar-refractivity contribution in [2.24, 2.45) is 5.73 Å². The van der Waals surface area contributed by atoms with Crippen LogP contribution in [0.25, 0.3) is 0 Å². The molecule has 0 saturated carbocycles. The van der Waals surface area contributed by atoms with Crippen molar-refractivity contribution in [3.63, 3.8) is 0 Å². The highest BCUT2D eigenvalue weighted by atomic mass is 79.9. The second kappa shape index (κ2) is 3.70. The molecule has 0 unspecified atom stereocenters. The topological polar surface area (TPSA) is 55.5 Å². The quantitative estimate of drug-likeness (QED) is 0.761. The lowest BCUT2D eigenvalue weighted by Crippen LogP contribution is -2.36. The molecule has 5 heteroatoms. The van der Waals surface area contributed by atoms with Crippen molar-refractivity contribution in [3.8, 4) is 5.75 Å². The van der Waals surface area contributed by atoms with Gasteiger partial charge >= 0.3 is 0 Å². The highest BCUT2D eigenvalue weighted by Crippen LogP contribution is 2.41. The van der Waals surface area contributed by atoms with Crippen LogP contribution >= 0.6 is 27.5 Å². The van der Waals surface area contributed by atoms with Gasteiger partial charge in [-0.1, -0.05) is 11.6 Å². The van der Waals surface area contributed by atoms with E-state index in [0.29, 0.717) is 16.3 Å². The third-order valence-corrected chi connectivity index (χ3v) is 3.20. The fraction of sp³-hybridized carbons (Fsp3) is 0.333. The van der Waals surface area contributed by atoms with Gasteiger partial charge in [0.15, 0.2) is 0 Å². The van der Waals surface area contributed by atoms with Crippen LogP contribution < -0.4 is 10.5 Å². The van der Waals surface area contributed by atoms with E-state index >= 15 is 0 Å². The second-order valence-electron chi connectivity index (χ2n) is 3.18. The molecule has 14 heavy (non-hydrogen) atoms. The van der Waals surface area contributed by atoms with E-state index in [-0.39, 0.29) is 6.61 Å². The first-order valence-electron chi connectivity index (χ1n) is 4.15. The fourth-order valence-corrected chi connectivity index (χ4v) is 2.21. The van der Waals surface area contributed by atoms with Gasteiger partial charge in [0.1, 0.15) is 18.5 Å². The zero-order valence-corrected chi connectivity index (χ0v) is 9.55. The van der Waals surface area contributed by atoms with E-state index < -0.39 is 12.1 Å². The Hall–Kier alpha value is -0.290. The van der Waals surface area contributed by atoms with Crippen LogP contribution in [0.5, 0.6) is 5.75 Å². The minimum atomic E-state index is -0.700. The molecule has 76 valence electrons. The molecule has 3 nitrogen and oxygen atoms in total. The Morgan fingerprint density at radius 3 is 3.00 bits per heavy atom. The van der Waals surface area contributed by atoms with E-state index in [1.54, 1.807) is 12.1 Å². The highest BCUT2D eigenvalue weighted by Gasteiger charge is 2.29. The molecule has 0 bridgehead atoms. The maximum absolute atomic E-state index is 9.52. The highest BCUT2D eigenvalue weighted by molar-refractivity contribution is 9.10. The van der Waals surface area contributed by atoms with E-state index in [2.05, 4.69) is 15.9 Å². The van der Waals surface area contributed by atoms with Crippen LogP contribution in [0.3, 0.4) is 0 Å². The van der Waals surface area contributed by atoms with Crippen LogP contribution in [0.2, 0.25) is 5.02 Å². The number of rotatable bonds is 0. The Morgan fingerprint density at radius 2 is 2.29 bits per heavy atom. The zero-order valence-electron chi connectivity index (χ0n) is 7.21. The van der Waals surface area contributed by atoms with Crippen LogP contribution in [0.15, 0.2) is 16.6 Å². The number of nitrogens with two attached hydrogens (primary N) is 1. The van der Waals surface area contributed by atoms with E-state index in [4.69, 9.17) is 22.1 Å². The molecular weight excluding hydrogens is 269 g/mol. The molecule has 1 aliphatic rings. The van der Waals surface area contributed by atoms with Crippen molar-refractivity contribution in [2.75, 3.05) is 6.61 Å². The average Bonchev–Trinajstić information content (AvgIpc) is 2.16. The summed E-state index contributed by atoms with van der Waals surface area (Å²) in [5.74, 6) is 0.635. The van der Waals surface area contributed by atoms with Crippen molar-refractivity contribution >= 4 is 27.5 Å². The average molecular weight is 279 g/mol. The monoisotopic (exact) mass is 277 g/mol. The number of halogens is 2. The summed E-state index contributed by atoms with van der Waals surface area (Å²) in [7, 11) is 0. The molecule has 1 aromatic rings. The summed E-state index contributed by atoms with van der Waals surface area (Å²) in [6.45, 7) is 0.201. The Balaban J connectivity index is 2.58. The molecule has 0 amide bonds. The summed E-state index contributed by atoms with van der Waals surface area (Å²) in [5, 5.41) is 10.0. The van der Waals surface area contributed by atoms with Gasteiger partial charge in [0.25, 0.3) is 0 Å². The summed E-state index contributed by atoms with van der Waals surface area (Å²) in [6.07, 6.45) is -0.700. The Labute approximate surface area is 94.9 Å². The van der Waals surface area contributed by atoms with Crippen molar-refractivity contribution < 1.29 is 9.84 Å². The summed E-state index contributed by atoms with van der Waals surface area (Å²) in [5.41, 5.74) is 6.49. The number of aliphatic hydroxyl groups is 1. The molecule has 0 fully saturated rings. The fourth-order valence-electron chi connectivity index (χ4n) is 1.47. The number of hydrogen-bond acceptors (Lipinski definition) is 3. The molecule has 1 heterocycles. The Kier molecular flexibility index (Phi) is 2.70. The first-order valence-corrected chi connectivity index (χ1v) is 5.32. The lowest BCUT2D eigenvalue weighted by molar-refractivity contribution is 0.0674. The van der Waals surface area contributed by atoms with Crippen molar-refractivity contribution in [1.82, 2.24) is 0 Å². The molecule has 0 aliphatic carbocycles. The Bertz CT molecular complexity index is 372. The van der Waals surface area contributed by atoms with Crippen LogP contribution in [0.1, 0.15) is 11.6 Å². The predicted molar refractivity (Wildman–Crippen MR) is 57.6 cm³/mol. The maximum atomic E-state index is 9.52. The van der Waals surface area contributed by atoms with Gasteiger partial charge in [0.05, 0.1) is 10.5 Å². The molecule has 0 aromatic heterocycles. The van der Waals surface area contributed by atoms with Gasteiger partial charge < -0.3 is 15.6 Å². The second-order valence-corrected chi connectivity index (χ2v) is 4.44. The Morgan fingerprint density at radius 1 is 1.57 bits per heavy atom. The van der Waals surface area contributed by atoms with Gasteiger partial charge in [-0.25, -0.2) is 0 Å². The van der Waals surface area contributed by atoms with Crippen LogP contribution in [-0.2, 0) is 0 Å². The van der Waals surface area contributed by atoms with Gasteiger partial charge in [-0.3, -0.25) is 0 Å². The number of hydrogen-bond donors (Lipinski definition) is 2. The SMILES string of the molecule is N[C@@H]1c2c(Cl)ccc(Br)c2OC[C@@H]1O. The van der Waals surface area contributed by atoms with Crippen LogP contribution in [-0.4, -0.2) is 17.8 Å². The predicted octanol–water partition coefficient (Wildman–Crippen LogP) is 1.86. The molecule has 1 aromatic carbocycles. The van der Waals surface area contributed by atoms with Crippen molar-refractivity contribution in [3.05, 3.63) is 27.2 Å². The maximum Gasteiger partial charge on any atom is 0.139 e. The van der Waals surface area contributed by atoms with Crippen LogP contribution in [0, 0.1) is 0 Å². The summed E-state index contributed by atoms with van der Waals surface area (Å²) < 4.78 is 6.16. The third-order valence-electron chi connectivity index (χ3n) is 2.24. The van der Waals surface area contributed by atoms with Crippen molar-refractivity contribution in [1.29, 1.82) is 0 Å². The van der Waals surface area contributed by atoms with Gasteiger partial charge in [0.2, 0.25) is 0 Å². The first-order chi connectivity index (χ1) is 6.61. The molecule has 0 spiro atoms.